The molecule has 23 heavy (non-hydrogen) atoms. The van der Waals surface area contributed by atoms with Gasteiger partial charge in [0.2, 0.25) is 5.91 Å². The number of amides is 1. The lowest BCUT2D eigenvalue weighted by Gasteiger charge is -2.20. The lowest BCUT2D eigenvalue weighted by molar-refractivity contribution is -0.134. The Kier molecular flexibility index (Phi) is 6.86. The summed E-state index contributed by atoms with van der Waals surface area (Å²) in [5.41, 5.74) is 1.08. The molecule has 1 saturated heterocycles. The molecule has 1 heterocycles. The third-order valence-corrected chi connectivity index (χ3v) is 3.90. The summed E-state index contributed by atoms with van der Waals surface area (Å²) in [7, 11) is 0. The van der Waals surface area contributed by atoms with Crippen LogP contribution in [0.3, 0.4) is 0 Å². The summed E-state index contributed by atoms with van der Waals surface area (Å²) in [6, 6.07) is 7.75. The molecule has 2 rings (SSSR count). The first-order valence-corrected chi connectivity index (χ1v) is 8.28. The highest BCUT2D eigenvalue weighted by molar-refractivity contribution is 5.80. The molecule has 0 aliphatic carbocycles. The molecule has 1 aliphatic heterocycles. The predicted molar refractivity (Wildman–Crippen MR) is 88.7 cm³/mol. The smallest absolute Gasteiger partial charge is 0.249 e. The number of ether oxygens (including phenoxy) is 3. The van der Waals surface area contributed by atoms with Crippen LogP contribution in [0.4, 0.5) is 0 Å². The molecule has 3 atom stereocenters. The van der Waals surface area contributed by atoms with Gasteiger partial charge in [0.15, 0.2) is 0 Å². The lowest BCUT2D eigenvalue weighted by atomic mass is 10.2. The number of rotatable bonds is 8. The van der Waals surface area contributed by atoms with Crippen molar-refractivity contribution >= 4 is 5.91 Å². The molecule has 0 bridgehead atoms. The average molecular weight is 321 g/mol. The molecule has 1 fully saturated rings. The van der Waals surface area contributed by atoms with E-state index in [-0.39, 0.29) is 18.1 Å². The van der Waals surface area contributed by atoms with E-state index in [0.717, 1.165) is 30.8 Å². The molecule has 128 valence electrons. The van der Waals surface area contributed by atoms with E-state index in [9.17, 15) is 4.79 Å². The second-order valence-electron chi connectivity index (χ2n) is 6.10. The first-order chi connectivity index (χ1) is 11.1. The van der Waals surface area contributed by atoms with E-state index in [0.29, 0.717) is 13.2 Å². The molecule has 5 nitrogen and oxygen atoms in total. The maximum Gasteiger partial charge on any atom is 0.249 e. The Morgan fingerprint density at radius 2 is 2.17 bits per heavy atom. The first kappa shape index (κ1) is 17.8. The van der Waals surface area contributed by atoms with Crippen molar-refractivity contribution in [2.24, 2.45) is 0 Å². The van der Waals surface area contributed by atoms with Gasteiger partial charge in [-0.05, 0) is 45.2 Å². The van der Waals surface area contributed by atoms with Gasteiger partial charge in [0.05, 0.1) is 18.8 Å². The van der Waals surface area contributed by atoms with Crippen LogP contribution in [0, 0.1) is 6.92 Å². The van der Waals surface area contributed by atoms with Gasteiger partial charge in [-0.25, -0.2) is 0 Å². The zero-order chi connectivity index (χ0) is 16.7. The number of para-hydroxylation sites is 1. The second-order valence-corrected chi connectivity index (χ2v) is 6.10. The van der Waals surface area contributed by atoms with Crippen molar-refractivity contribution in [3.05, 3.63) is 29.8 Å². The molecule has 0 aromatic heterocycles. The van der Waals surface area contributed by atoms with Gasteiger partial charge in [0, 0.05) is 6.61 Å². The summed E-state index contributed by atoms with van der Waals surface area (Å²) >= 11 is 0. The minimum absolute atomic E-state index is 0.0871. The fourth-order valence-electron chi connectivity index (χ4n) is 2.44. The van der Waals surface area contributed by atoms with Crippen LogP contribution in [0.15, 0.2) is 24.3 Å². The van der Waals surface area contributed by atoms with Crippen LogP contribution < -0.4 is 10.1 Å². The maximum atomic E-state index is 12.1. The third kappa shape index (κ3) is 5.84. The van der Waals surface area contributed by atoms with Crippen molar-refractivity contribution in [2.45, 2.75) is 51.9 Å². The third-order valence-electron chi connectivity index (χ3n) is 3.90. The van der Waals surface area contributed by atoms with E-state index in [1.807, 2.05) is 38.1 Å². The summed E-state index contributed by atoms with van der Waals surface area (Å²) in [6.45, 7) is 7.38. The van der Waals surface area contributed by atoms with Gasteiger partial charge in [-0.15, -0.1) is 0 Å². The summed E-state index contributed by atoms with van der Waals surface area (Å²) in [4.78, 5) is 12.1. The van der Waals surface area contributed by atoms with Crippen LogP contribution in [0.2, 0.25) is 0 Å². The van der Waals surface area contributed by atoms with E-state index in [2.05, 4.69) is 5.32 Å². The van der Waals surface area contributed by atoms with E-state index >= 15 is 0 Å². The van der Waals surface area contributed by atoms with Crippen molar-refractivity contribution in [3.63, 3.8) is 0 Å². The first-order valence-electron chi connectivity index (χ1n) is 8.28. The maximum absolute atomic E-state index is 12.1. The fraction of sp³-hybridized carbons (Fsp3) is 0.611. The lowest BCUT2D eigenvalue weighted by Crippen LogP contribution is -2.43. The Morgan fingerprint density at radius 3 is 2.87 bits per heavy atom. The molecular weight excluding hydrogens is 294 g/mol. The number of nitrogens with one attached hydrogen (secondary N) is 1. The Bertz CT molecular complexity index is 500. The van der Waals surface area contributed by atoms with Crippen LogP contribution in [-0.4, -0.2) is 44.0 Å². The van der Waals surface area contributed by atoms with Gasteiger partial charge in [-0.2, -0.15) is 0 Å². The highest BCUT2D eigenvalue weighted by Gasteiger charge is 2.20. The number of benzene rings is 1. The van der Waals surface area contributed by atoms with Crippen LogP contribution in [-0.2, 0) is 14.3 Å². The van der Waals surface area contributed by atoms with Gasteiger partial charge < -0.3 is 19.5 Å². The topological polar surface area (TPSA) is 56.8 Å². The van der Waals surface area contributed by atoms with Gasteiger partial charge in [-0.3, -0.25) is 4.79 Å². The standard InChI is InChI=1S/C18H27NO4/c1-13-7-4-5-9-17(13)23-11-14(2)19-18(20)15(3)22-12-16-8-6-10-21-16/h4-5,7,9,14-16H,6,8,10-12H2,1-3H3,(H,19,20). The van der Waals surface area contributed by atoms with E-state index < -0.39 is 6.10 Å². The minimum atomic E-state index is -0.486. The molecule has 1 aromatic rings. The zero-order valence-corrected chi connectivity index (χ0v) is 14.2. The summed E-state index contributed by atoms with van der Waals surface area (Å²) in [5, 5.41) is 2.91. The normalized spacial score (nSPS) is 20.0. The highest BCUT2D eigenvalue weighted by atomic mass is 16.5. The highest BCUT2D eigenvalue weighted by Crippen LogP contribution is 2.16. The van der Waals surface area contributed by atoms with Gasteiger partial charge in [-0.1, -0.05) is 18.2 Å². The van der Waals surface area contributed by atoms with E-state index in [1.165, 1.54) is 0 Å². The monoisotopic (exact) mass is 321 g/mol. The van der Waals surface area contributed by atoms with Gasteiger partial charge >= 0.3 is 0 Å². The number of aryl methyl sites for hydroxylation is 1. The van der Waals surface area contributed by atoms with Crippen molar-refractivity contribution < 1.29 is 19.0 Å². The van der Waals surface area contributed by atoms with Crippen LogP contribution in [0.5, 0.6) is 5.75 Å². The SMILES string of the molecule is Cc1ccccc1OCC(C)NC(=O)C(C)OCC1CCCO1. The minimum Gasteiger partial charge on any atom is -0.491 e. The molecule has 0 radical (unpaired) electrons. The summed E-state index contributed by atoms with van der Waals surface area (Å²) < 4.78 is 16.8. The Morgan fingerprint density at radius 1 is 1.39 bits per heavy atom. The summed E-state index contributed by atoms with van der Waals surface area (Å²) in [5.74, 6) is 0.722. The Labute approximate surface area is 138 Å². The van der Waals surface area contributed by atoms with Crippen LogP contribution in [0.25, 0.3) is 0 Å². The predicted octanol–water partition coefficient (Wildman–Crippen LogP) is 2.46. The number of carbonyl (C=O) groups excluding carboxylic acids is 1. The van der Waals surface area contributed by atoms with Crippen LogP contribution in [0.1, 0.15) is 32.3 Å². The number of hydrogen-bond donors (Lipinski definition) is 1. The quantitative estimate of drug-likeness (QED) is 0.799. The molecule has 1 aromatic carbocycles. The molecule has 1 N–H and O–H groups in total. The Hall–Kier alpha value is -1.59. The van der Waals surface area contributed by atoms with Crippen molar-refractivity contribution in [3.8, 4) is 5.75 Å². The zero-order valence-electron chi connectivity index (χ0n) is 14.2. The van der Waals surface area contributed by atoms with Crippen molar-refractivity contribution in [1.29, 1.82) is 0 Å². The van der Waals surface area contributed by atoms with Crippen LogP contribution >= 0.6 is 0 Å². The fourth-order valence-corrected chi connectivity index (χ4v) is 2.44. The van der Waals surface area contributed by atoms with E-state index in [1.54, 1.807) is 6.92 Å². The molecule has 0 spiro atoms. The largest absolute Gasteiger partial charge is 0.491 e. The molecule has 1 aliphatic rings. The second kappa shape index (κ2) is 8.89. The molecule has 0 saturated carbocycles. The molecular formula is C18H27NO4. The number of hydrogen-bond acceptors (Lipinski definition) is 4. The van der Waals surface area contributed by atoms with Crippen molar-refractivity contribution in [1.82, 2.24) is 5.32 Å². The molecule has 3 unspecified atom stereocenters. The van der Waals surface area contributed by atoms with Gasteiger partial charge in [0.25, 0.3) is 0 Å². The Balaban J connectivity index is 1.68. The summed E-state index contributed by atoms with van der Waals surface area (Å²) in [6.07, 6.45) is 1.73. The van der Waals surface area contributed by atoms with E-state index in [4.69, 9.17) is 14.2 Å². The molecule has 1 amide bonds. The van der Waals surface area contributed by atoms with Gasteiger partial charge in [0.1, 0.15) is 18.5 Å². The molecule has 5 heteroatoms. The number of carbonyl (C=O) groups is 1. The average Bonchev–Trinajstić information content (AvgIpc) is 3.05. The van der Waals surface area contributed by atoms with Crippen molar-refractivity contribution in [2.75, 3.05) is 19.8 Å².